The Morgan fingerprint density at radius 3 is 3.11 bits per heavy atom. The lowest BCUT2D eigenvalue weighted by Gasteiger charge is -2.12. The number of nitrogens with one attached hydrogen (secondary N) is 1. The highest BCUT2D eigenvalue weighted by molar-refractivity contribution is 7.99. The number of esters is 1. The van der Waals surface area contributed by atoms with Crippen LogP contribution in [0.25, 0.3) is 0 Å². The van der Waals surface area contributed by atoms with E-state index in [2.05, 4.69) is 10.1 Å². The second-order valence-corrected chi connectivity index (χ2v) is 5.45. The van der Waals surface area contributed by atoms with E-state index in [9.17, 15) is 9.18 Å². The van der Waals surface area contributed by atoms with Crippen LogP contribution in [-0.4, -0.2) is 31.1 Å². The van der Waals surface area contributed by atoms with E-state index in [1.54, 1.807) is 0 Å². The monoisotopic (exact) mass is 269 g/mol. The van der Waals surface area contributed by atoms with Crippen LogP contribution in [-0.2, 0) is 4.74 Å². The molecular weight excluding hydrogens is 253 g/mol. The number of thioether (sulfide) groups is 1. The number of carbonyl (C=O) groups is 1. The molecule has 1 aromatic rings. The molecule has 1 saturated heterocycles. The van der Waals surface area contributed by atoms with Gasteiger partial charge in [-0.15, -0.1) is 0 Å². The summed E-state index contributed by atoms with van der Waals surface area (Å²) in [5, 5.41) is 3.08. The fourth-order valence-corrected chi connectivity index (χ4v) is 3.19. The van der Waals surface area contributed by atoms with Crippen LogP contribution >= 0.6 is 11.8 Å². The Balaban J connectivity index is 2.03. The maximum Gasteiger partial charge on any atom is 0.337 e. The number of rotatable bonds is 4. The maximum absolute atomic E-state index is 13.6. The summed E-state index contributed by atoms with van der Waals surface area (Å²) in [4.78, 5) is 11.4. The zero-order chi connectivity index (χ0) is 13.0. The third-order valence-electron chi connectivity index (χ3n) is 2.99. The van der Waals surface area contributed by atoms with E-state index in [-0.39, 0.29) is 5.82 Å². The van der Waals surface area contributed by atoms with Gasteiger partial charge in [0.25, 0.3) is 0 Å². The van der Waals surface area contributed by atoms with E-state index in [1.165, 1.54) is 31.1 Å². The highest BCUT2D eigenvalue weighted by atomic mass is 32.2. The van der Waals surface area contributed by atoms with Crippen LogP contribution in [0.3, 0.4) is 0 Å². The van der Waals surface area contributed by atoms with Crippen LogP contribution in [0.2, 0.25) is 0 Å². The molecule has 3 nitrogen and oxygen atoms in total. The van der Waals surface area contributed by atoms with Crippen LogP contribution in [0.5, 0.6) is 0 Å². The predicted octanol–water partition coefficient (Wildman–Crippen LogP) is 2.78. The van der Waals surface area contributed by atoms with Gasteiger partial charge in [0.05, 0.1) is 18.4 Å². The lowest BCUT2D eigenvalue weighted by molar-refractivity contribution is 0.0600. The average molecular weight is 269 g/mol. The van der Waals surface area contributed by atoms with Gasteiger partial charge >= 0.3 is 5.97 Å². The molecule has 0 aliphatic carbocycles. The van der Waals surface area contributed by atoms with Crippen molar-refractivity contribution >= 4 is 23.4 Å². The van der Waals surface area contributed by atoms with Gasteiger partial charge in [-0.3, -0.25) is 0 Å². The van der Waals surface area contributed by atoms with Crippen molar-refractivity contribution in [1.29, 1.82) is 0 Å². The Morgan fingerprint density at radius 1 is 1.61 bits per heavy atom. The van der Waals surface area contributed by atoms with Gasteiger partial charge in [0.2, 0.25) is 0 Å². The van der Waals surface area contributed by atoms with Crippen LogP contribution in [0.1, 0.15) is 16.8 Å². The molecule has 0 radical (unpaired) electrons. The summed E-state index contributed by atoms with van der Waals surface area (Å²) in [6, 6.07) is 4.22. The number of carbonyl (C=O) groups excluding carboxylic acids is 1. The normalized spacial score (nSPS) is 18.7. The molecular formula is C13H16FNO2S. The molecule has 0 saturated carbocycles. The second kappa shape index (κ2) is 6.09. The van der Waals surface area contributed by atoms with Crippen molar-refractivity contribution < 1.29 is 13.9 Å². The molecule has 0 amide bonds. The zero-order valence-electron chi connectivity index (χ0n) is 10.2. The summed E-state index contributed by atoms with van der Waals surface area (Å²) in [6.07, 6.45) is 1.16. The van der Waals surface area contributed by atoms with Crippen molar-refractivity contribution in [1.82, 2.24) is 0 Å². The number of methoxy groups -OCH3 is 1. The third-order valence-corrected chi connectivity index (χ3v) is 4.22. The lowest BCUT2D eigenvalue weighted by atomic mass is 10.1. The molecule has 1 aliphatic heterocycles. The number of hydrogen-bond donors (Lipinski definition) is 1. The van der Waals surface area contributed by atoms with E-state index < -0.39 is 5.97 Å². The molecule has 0 aromatic heterocycles. The minimum Gasteiger partial charge on any atom is -0.465 e. The maximum atomic E-state index is 13.6. The molecule has 1 heterocycles. The fourth-order valence-electron chi connectivity index (χ4n) is 1.90. The van der Waals surface area contributed by atoms with Crippen LogP contribution < -0.4 is 5.32 Å². The molecule has 1 fully saturated rings. The van der Waals surface area contributed by atoms with E-state index in [0.29, 0.717) is 17.2 Å². The molecule has 1 aliphatic rings. The van der Waals surface area contributed by atoms with E-state index in [0.717, 1.165) is 18.7 Å². The zero-order valence-corrected chi connectivity index (χ0v) is 11.1. The number of ether oxygens (including phenoxy) is 1. The number of benzene rings is 1. The summed E-state index contributed by atoms with van der Waals surface area (Å²) in [6.45, 7) is 0.745. The third kappa shape index (κ3) is 3.16. The molecule has 0 bridgehead atoms. The molecule has 1 atom stereocenters. The minimum absolute atomic E-state index is 0.340. The molecule has 2 rings (SSSR count). The average Bonchev–Trinajstić information content (AvgIpc) is 2.90. The van der Waals surface area contributed by atoms with E-state index in [4.69, 9.17) is 0 Å². The fraction of sp³-hybridized carbons (Fsp3) is 0.462. The van der Waals surface area contributed by atoms with Gasteiger partial charge in [0.15, 0.2) is 0 Å². The summed E-state index contributed by atoms with van der Waals surface area (Å²) >= 11 is 1.93. The van der Waals surface area contributed by atoms with Gasteiger partial charge < -0.3 is 10.1 Å². The van der Waals surface area contributed by atoms with Crippen molar-refractivity contribution in [3.8, 4) is 0 Å². The van der Waals surface area contributed by atoms with Crippen LogP contribution in [0, 0.1) is 11.7 Å². The van der Waals surface area contributed by atoms with Crippen molar-refractivity contribution in [3.05, 3.63) is 29.6 Å². The van der Waals surface area contributed by atoms with Gasteiger partial charge in [-0.2, -0.15) is 11.8 Å². The molecule has 1 N–H and O–H groups in total. The van der Waals surface area contributed by atoms with Gasteiger partial charge in [-0.1, -0.05) is 0 Å². The quantitative estimate of drug-likeness (QED) is 0.853. The Labute approximate surface area is 110 Å². The summed E-state index contributed by atoms with van der Waals surface area (Å²) in [7, 11) is 1.31. The first-order valence-electron chi connectivity index (χ1n) is 5.90. The summed E-state index contributed by atoms with van der Waals surface area (Å²) in [5.74, 6) is 2.08. The Bertz CT molecular complexity index is 433. The lowest BCUT2D eigenvalue weighted by Crippen LogP contribution is -2.14. The topological polar surface area (TPSA) is 38.3 Å². The smallest absolute Gasteiger partial charge is 0.337 e. The van der Waals surface area contributed by atoms with E-state index >= 15 is 0 Å². The molecule has 1 aromatic carbocycles. The highest BCUT2D eigenvalue weighted by Crippen LogP contribution is 2.24. The van der Waals surface area contributed by atoms with Crippen LogP contribution in [0.15, 0.2) is 18.2 Å². The molecule has 5 heteroatoms. The minimum atomic E-state index is -0.450. The summed E-state index contributed by atoms with van der Waals surface area (Å²) < 4.78 is 18.2. The molecule has 1 unspecified atom stereocenters. The largest absolute Gasteiger partial charge is 0.465 e. The SMILES string of the molecule is COC(=O)c1ccc(F)c(NCC2CCSC2)c1. The number of halogens is 1. The first-order chi connectivity index (χ1) is 8.70. The van der Waals surface area contributed by atoms with Gasteiger partial charge in [-0.25, -0.2) is 9.18 Å². The van der Waals surface area contributed by atoms with Gasteiger partial charge in [0.1, 0.15) is 5.82 Å². The Kier molecular flexibility index (Phi) is 4.47. The molecule has 98 valence electrons. The van der Waals surface area contributed by atoms with Crippen molar-refractivity contribution in [3.63, 3.8) is 0 Å². The number of anilines is 1. The van der Waals surface area contributed by atoms with Crippen molar-refractivity contribution in [2.75, 3.05) is 30.5 Å². The first kappa shape index (κ1) is 13.2. The van der Waals surface area contributed by atoms with E-state index in [1.807, 2.05) is 11.8 Å². The number of hydrogen-bond acceptors (Lipinski definition) is 4. The second-order valence-electron chi connectivity index (χ2n) is 4.30. The Morgan fingerprint density at radius 2 is 2.44 bits per heavy atom. The molecule has 18 heavy (non-hydrogen) atoms. The summed E-state index contributed by atoms with van der Waals surface area (Å²) in [5.41, 5.74) is 0.733. The first-order valence-corrected chi connectivity index (χ1v) is 7.05. The molecule has 0 spiro atoms. The Hall–Kier alpha value is -1.23. The standard InChI is InChI=1S/C13H16FNO2S/c1-17-13(16)10-2-3-11(14)12(6-10)15-7-9-4-5-18-8-9/h2-3,6,9,15H,4-5,7-8H2,1H3. The van der Waals surface area contributed by atoms with Crippen molar-refractivity contribution in [2.45, 2.75) is 6.42 Å². The van der Waals surface area contributed by atoms with Crippen molar-refractivity contribution in [2.24, 2.45) is 5.92 Å². The highest BCUT2D eigenvalue weighted by Gasteiger charge is 2.16. The van der Waals surface area contributed by atoms with Gasteiger partial charge in [0, 0.05) is 6.54 Å². The van der Waals surface area contributed by atoms with Gasteiger partial charge in [-0.05, 0) is 42.0 Å². The predicted molar refractivity (Wildman–Crippen MR) is 71.7 cm³/mol. The van der Waals surface area contributed by atoms with Crippen LogP contribution in [0.4, 0.5) is 10.1 Å².